The molecule has 0 aliphatic heterocycles. The van der Waals surface area contributed by atoms with E-state index in [4.69, 9.17) is 4.74 Å². The van der Waals surface area contributed by atoms with Crippen molar-refractivity contribution >= 4 is 11.8 Å². The van der Waals surface area contributed by atoms with Gasteiger partial charge < -0.3 is 15.0 Å². The number of rotatable bonds is 8. The van der Waals surface area contributed by atoms with Gasteiger partial charge in [0.25, 0.3) is 5.91 Å². The van der Waals surface area contributed by atoms with Gasteiger partial charge in [-0.25, -0.2) is 4.98 Å². The fourth-order valence-corrected chi connectivity index (χ4v) is 4.40. The summed E-state index contributed by atoms with van der Waals surface area (Å²) in [6.07, 6.45) is 9.75. The lowest BCUT2D eigenvalue weighted by Crippen LogP contribution is -2.47. The van der Waals surface area contributed by atoms with Crippen LogP contribution in [0.3, 0.4) is 0 Å². The van der Waals surface area contributed by atoms with Crippen molar-refractivity contribution in [2.75, 3.05) is 7.11 Å². The number of benzene rings is 2. The van der Waals surface area contributed by atoms with E-state index in [1.807, 2.05) is 54.6 Å². The molecule has 1 aliphatic carbocycles. The molecule has 2 aromatic carbocycles. The van der Waals surface area contributed by atoms with Crippen molar-refractivity contribution < 1.29 is 14.3 Å². The molecule has 0 saturated heterocycles. The highest BCUT2D eigenvalue weighted by molar-refractivity contribution is 5.96. The fourth-order valence-electron chi connectivity index (χ4n) is 4.40. The third-order valence-electron chi connectivity index (χ3n) is 6.18. The lowest BCUT2D eigenvalue weighted by Gasteiger charge is -2.33. The number of nitrogens with zero attached hydrogens (tertiary/aromatic N) is 3. The zero-order valence-electron chi connectivity index (χ0n) is 19.4. The second kappa shape index (κ2) is 11.4. The van der Waals surface area contributed by atoms with Gasteiger partial charge in [-0.2, -0.15) is 0 Å². The number of amides is 2. The monoisotopic (exact) mass is 458 g/mol. The lowest BCUT2D eigenvalue weighted by molar-refractivity contribution is -0.127. The molecule has 34 heavy (non-hydrogen) atoms. The highest BCUT2D eigenvalue weighted by Gasteiger charge is 2.34. The van der Waals surface area contributed by atoms with Crippen LogP contribution in [0.1, 0.15) is 59.8 Å². The van der Waals surface area contributed by atoms with E-state index in [0.717, 1.165) is 31.2 Å². The Morgan fingerprint density at radius 1 is 1.03 bits per heavy atom. The minimum absolute atomic E-state index is 0.118. The molecule has 4 rings (SSSR count). The Bertz CT molecular complexity index is 1070. The van der Waals surface area contributed by atoms with Gasteiger partial charge in [0.1, 0.15) is 17.5 Å². The third-order valence-corrected chi connectivity index (χ3v) is 6.18. The topological polar surface area (TPSA) is 84.4 Å². The van der Waals surface area contributed by atoms with Crippen molar-refractivity contribution in [2.24, 2.45) is 0 Å². The van der Waals surface area contributed by atoms with E-state index in [0.29, 0.717) is 11.3 Å². The van der Waals surface area contributed by atoms with E-state index in [1.54, 1.807) is 12.0 Å². The predicted octanol–water partition coefficient (Wildman–Crippen LogP) is 4.32. The SMILES string of the molecule is COc1ccc(C(C(=O)NC2CCCCC2)N(Cc2ccccc2)C(=O)c2cnccn2)cc1. The number of hydrogen-bond acceptors (Lipinski definition) is 5. The van der Waals surface area contributed by atoms with Crippen LogP contribution in [0.5, 0.6) is 5.75 Å². The number of nitrogens with one attached hydrogen (secondary N) is 1. The van der Waals surface area contributed by atoms with Gasteiger partial charge in [-0.15, -0.1) is 0 Å². The fraction of sp³-hybridized carbons (Fsp3) is 0.333. The number of carbonyl (C=O) groups excluding carboxylic acids is 2. The summed E-state index contributed by atoms with van der Waals surface area (Å²) >= 11 is 0. The Balaban J connectivity index is 1.73. The summed E-state index contributed by atoms with van der Waals surface area (Å²) in [4.78, 5) is 37.3. The van der Waals surface area contributed by atoms with Gasteiger partial charge in [0.05, 0.1) is 13.3 Å². The Labute approximate surface area is 200 Å². The first-order chi connectivity index (χ1) is 16.7. The van der Waals surface area contributed by atoms with Crippen molar-refractivity contribution in [1.82, 2.24) is 20.2 Å². The first-order valence-electron chi connectivity index (χ1n) is 11.7. The van der Waals surface area contributed by atoms with Crippen LogP contribution in [-0.4, -0.2) is 39.8 Å². The first kappa shape index (κ1) is 23.4. The summed E-state index contributed by atoms with van der Waals surface area (Å²) in [6, 6.07) is 16.2. The van der Waals surface area contributed by atoms with E-state index in [2.05, 4.69) is 15.3 Å². The van der Waals surface area contributed by atoms with Gasteiger partial charge in [-0.05, 0) is 36.1 Å². The molecule has 3 aromatic rings. The molecule has 176 valence electrons. The van der Waals surface area contributed by atoms with Crippen LogP contribution in [0.15, 0.2) is 73.2 Å². The highest BCUT2D eigenvalue weighted by atomic mass is 16.5. The molecule has 7 heteroatoms. The Kier molecular flexibility index (Phi) is 7.86. The van der Waals surface area contributed by atoms with Crippen LogP contribution in [0.2, 0.25) is 0 Å². The molecule has 1 heterocycles. The number of ether oxygens (including phenoxy) is 1. The van der Waals surface area contributed by atoms with Crippen molar-refractivity contribution in [2.45, 2.75) is 50.7 Å². The first-order valence-corrected chi connectivity index (χ1v) is 11.7. The summed E-state index contributed by atoms with van der Waals surface area (Å²) in [5, 5.41) is 3.22. The standard InChI is InChI=1S/C27H30N4O3/c1-34-23-14-12-21(13-15-23)25(26(32)30-22-10-6-3-7-11-22)31(19-20-8-4-2-5-9-20)27(33)24-18-28-16-17-29-24/h2,4-5,8-9,12-18,22,25H,3,6-7,10-11,19H2,1H3,(H,30,32). The number of hydrogen-bond donors (Lipinski definition) is 1. The second-order valence-electron chi connectivity index (χ2n) is 8.53. The summed E-state index contributed by atoms with van der Waals surface area (Å²) in [6.45, 7) is 0.255. The molecule has 1 aromatic heterocycles. The average molecular weight is 459 g/mol. The molecule has 1 unspecified atom stereocenters. The molecule has 7 nitrogen and oxygen atoms in total. The molecule has 0 radical (unpaired) electrons. The zero-order valence-corrected chi connectivity index (χ0v) is 19.4. The highest BCUT2D eigenvalue weighted by Crippen LogP contribution is 2.28. The molecular formula is C27H30N4O3. The minimum atomic E-state index is -0.831. The maximum absolute atomic E-state index is 13.8. The predicted molar refractivity (Wildman–Crippen MR) is 129 cm³/mol. The molecule has 1 aliphatic rings. The van der Waals surface area contributed by atoms with E-state index in [-0.39, 0.29) is 30.1 Å². The second-order valence-corrected chi connectivity index (χ2v) is 8.53. The Hall–Kier alpha value is -3.74. The summed E-state index contributed by atoms with van der Waals surface area (Å²) < 4.78 is 5.30. The van der Waals surface area contributed by atoms with Crippen LogP contribution in [0.25, 0.3) is 0 Å². The summed E-state index contributed by atoms with van der Waals surface area (Å²) in [5.74, 6) is 0.145. The molecule has 0 spiro atoms. The van der Waals surface area contributed by atoms with Gasteiger partial charge in [0, 0.05) is 25.0 Å². The van der Waals surface area contributed by atoms with Crippen molar-refractivity contribution in [3.05, 3.63) is 90.0 Å². The average Bonchev–Trinajstić information content (AvgIpc) is 2.90. The third kappa shape index (κ3) is 5.78. The van der Waals surface area contributed by atoms with E-state index in [9.17, 15) is 9.59 Å². The summed E-state index contributed by atoms with van der Waals surface area (Å²) in [5.41, 5.74) is 1.83. The Morgan fingerprint density at radius 2 is 1.76 bits per heavy atom. The van der Waals surface area contributed by atoms with Crippen LogP contribution in [-0.2, 0) is 11.3 Å². The van der Waals surface area contributed by atoms with Crippen molar-refractivity contribution in [3.63, 3.8) is 0 Å². The van der Waals surface area contributed by atoms with Crippen molar-refractivity contribution in [1.29, 1.82) is 0 Å². The van der Waals surface area contributed by atoms with Gasteiger partial charge >= 0.3 is 0 Å². The molecule has 1 N–H and O–H groups in total. The van der Waals surface area contributed by atoms with Crippen LogP contribution < -0.4 is 10.1 Å². The van der Waals surface area contributed by atoms with E-state index >= 15 is 0 Å². The molecule has 0 bridgehead atoms. The van der Waals surface area contributed by atoms with E-state index in [1.165, 1.54) is 25.0 Å². The Morgan fingerprint density at radius 3 is 2.41 bits per heavy atom. The summed E-state index contributed by atoms with van der Waals surface area (Å²) in [7, 11) is 1.60. The molecular weight excluding hydrogens is 428 g/mol. The normalized spacial score (nSPS) is 14.7. The maximum Gasteiger partial charge on any atom is 0.275 e. The quantitative estimate of drug-likeness (QED) is 0.544. The maximum atomic E-state index is 13.8. The van der Waals surface area contributed by atoms with Crippen LogP contribution in [0, 0.1) is 0 Å². The molecule has 1 fully saturated rings. The van der Waals surface area contributed by atoms with Gasteiger partial charge in [0.15, 0.2) is 0 Å². The number of aromatic nitrogens is 2. The lowest BCUT2D eigenvalue weighted by atomic mass is 9.94. The molecule has 1 saturated carbocycles. The van der Waals surface area contributed by atoms with Gasteiger partial charge in [-0.1, -0.05) is 61.7 Å². The van der Waals surface area contributed by atoms with Crippen LogP contribution in [0.4, 0.5) is 0 Å². The minimum Gasteiger partial charge on any atom is -0.497 e. The number of carbonyl (C=O) groups is 2. The zero-order chi connectivity index (χ0) is 23.8. The van der Waals surface area contributed by atoms with Crippen molar-refractivity contribution in [3.8, 4) is 5.75 Å². The molecule has 1 atom stereocenters. The molecule has 2 amide bonds. The van der Waals surface area contributed by atoms with E-state index < -0.39 is 6.04 Å². The number of methoxy groups -OCH3 is 1. The largest absolute Gasteiger partial charge is 0.497 e. The van der Waals surface area contributed by atoms with Gasteiger partial charge in [-0.3, -0.25) is 14.6 Å². The van der Waals surface area contributed by atoms with Gasteiger partial charge in [0.2, 0.25) is 5.91 Å². The smallest absolute Gasteiger partial charge is 0.275 e. The van der Waals surface area contributed by atoms with Crippen LogP contribution >= 0.6 is 0 Å².